The zero-order valence-electron chi connectivity index (χ0n) is 25.3. The Kier molecular flexibility index (Phi) is 8.58. The average Bonchev–Trinajstić information content (AvgIpc) is 3.79. The van der Waals surface area contributed by atoms with Crippen molar-refractivity contribution in [2.45, 2.75) is 27.2 Å². The fraction of sp³-hybridized carbons (Fsp3) is 0.172. The van der Waals surface area contributed by atoms with E-state index in [0.717, 1.165) is 0 Å². The number of rotatable bonds is 11. The van der Waals surface area contributed by atoms with Crippen LogP contribution in [0, 0.1) is 36.3 Å². The second-order valence-electron chi connectivity index (χ2n) is 10.5. The Bertz CT molecular complexity index is 2080. The lowest BCUT2D eigenvalue weighted by atomic mass is 10.2. The molecule has 0 atom stereocenters. The third kappa shape index (κ3) is 6.41. The van der Waals surface area contributed by atoms with Gasteiger partial charge in [0.15, 0.2) is 11.3 Å². The zero-order chi connectivity index (χ0) is 34.0. The molecule has 0 saturated carbocycles. The Hall–Kier alpha value is -6.72. The Morgan fingerprint density at radius 1 is 0.830 bits per heavy atom. The molecule has 11 N–H and O–H groups in total. The number of benzene rings is 1. The van der Waals surface area contributed by atoms with E-state index in [-0.39, 0.29) is 58.6 Å². The Morgan fingerprint density at radius 2 is 1.32 bits per heavy atom. The highest BCUT2D eigenvalue weighted by Crippen LogP contribution is 2.26. The van der Waals surface area contributed by atoms with Gasteiger partial charge in [-0.1, -0.05) is 6.07 Å². The summed E-state index contributed by atoms with van der Waals surface area (Å²) < 4.78 is 0. The van der Waals surface area contributed by atoms with Crippen LogP contribution in [0.4, 0.5) is 22.7 Å². The number of nitrogens with zero attached hydrogens (tertiary/aromatic N) is 2. The van der Waals surface area contributed by atoms with Gasteiger partial charge in [0.25, 0.3) is 29.3 Å². The molecule has 5 aromatic rings. The summed E-state index contributed by atoms with van der Waals surface area (Å²) in [5.41, 5.74) is 8.36. The molecule has 0 radical (unpaired) electrons. The summed E-state index contributed by atoms with van der Waals surface area (Å²) in [7, 11) is 0. The number of nitro benzene ring substituents is 1. The number of carbonyl (C=O) groups is 4. The molecule has 1 aromatic carbocycles. The van der Waals surface area contributed by atoms with E-state index in [1.807, 2.05) is 0 Å². The molecule has 0 aliphatic heterocycles. The highest BCUT2D eigenvalue weighted by Gasteiger charge is 2.23. The number of nitrogens with one attached hydrogen (secondary N) is 9. The van der Waals surface area contributed by atoms with E-state index in [1.165, 1.54) is 30.7 Å². The molecule has 18 nitrogen and oxygen atoms in total. The summed E-state index contributed by atoms with van der Waals surface area (Å²) in [5.74, 6) is -2.32. The van der Waals surface area contributed by atoms with Crippen LogP contribution in [-0.2, 0) is 0 Å². The van der Waals surface area contributed by atoms with Crippen molar-refractivity contribution in [3.05, 3.63) is 86.5 Å². The minimum absolute atomic E-state index is 0.0429. The molecular weight excluding hydrogens is 612 g/mol. The van der Waals surface area contributed by atoms with Crippen molar-refractivity contribution in [3.63, 3.8) is 0 Å². The number of non-ortho nitro benzene ring substituents is 1. The predicted octanol–water partition coefficient (Wildman–Crippen LogP) is 3.19. The monoisotopic (exact) mass is 642 g/mol. The van der Waals surface area contributed by atoms with Crippen LogP contribution in [0.1, 0.15) is 65.2 Å². The number of amides is 4. The van der Waals surface area contributed by atoms with E-state index in [9.17, 15) is 29.3 Å². The first-order valence-corrected chi connectivity index (χ1v) is 14.1. The molecule has 4 amide bonds. The number of aromatic nitrogens is 5. The van der Waals surface area contributed by atoms with E-state index in [1.54, 1.807) is 26.8 Å². The maximum absolute atomic E-state index is 13.2. The van der Waals surface area contributed by atoms with E-state index in [2.05, 4.69) is 46.2 Å². The second-order valence-corrected chi connectivity index (χ2v) is 10.5. The van der Waals surface area contributed by atoms with Gasteiger partial charge in [0.1, 0.15) is 17.1 Å². The number of nitro groups is 1. The van der Waals surface area contributed by atoms with Gasteiger partial charge in [-0.3, -0.25) is 34.7 Å². The molecule has 5 rings (SSSR count). The van der Waals surface area contributed by atoms with Crippen LogP contribution in [0.15, 0.2) is 36.8 Å². The normalized spacial score (nSPS) is 10.9. The summed E-state index contributed by atoms with van der Waals surface area (Å²) in [5, 5.41) is 29.3. The first-order chi connectivity index (χ1) is 22.3. The Labute approximate surface area is 265 Å². The largest absolute Gasteiger partial charge is 0.388 e. The number of imidazole rings is 1. The zero-order valence-corrected chi connectivity index (χ0v) is 25.3. The van der Waals surface area contributed by atoms with Crippen LogP contribution >= 0.6 is 0 Å². The molecule has 242 valence electrons. The molecule has 0 fully saturated rings. The number of H-pyrrole nitrogens is 4. The van der Waals surface area contributed by atoms with Crippen molar-refractivity contribution in [2.24, 2.45) is 5.73 Å². The van der Waals surface area contributed by atoms with Crippen molar-refractivity contribution in [2.75, 3.05) is 22.5 Å². The third-order valence-corrected chi connectivity index (χ3v) is 7.43. The highest BCUT2D eigenvalue weighted by atomic mass is 16.6. The molecule has 0 spiro atoms. The minimum Gasteiger partial charge on any atom is -0.388 e. The van der Waals surface area contributed by atoms with E-state index in [0.29, 0.717) is 33.6 Å². The fourth-order valence-electron chi connectivity index (χ4n) is 4.81. The molecule has 0 bridgehead atoms. The summed E-state index contributed by atoms with van der Waals surface area (Å²) in [4.78, 5) is 77.6. The number of nitrogens with two attached hydrogens (primary N) is 1. The molecule has 4 aromatic heterocycles. The number of hydrogen-bond acceptors (Lipinski definition) is 8. The fourth-order valence-corrected chi connectivity index (χ4v) is 4.81. The standard InChI is InChI=1S/C29H30N12O6/c1-12-16(9-33-21(12)26(42)32-8-7-20(30)31)37-27(43)22-13(2)17(10-34-22)38-28(44)23-14(3)18(11-35-23)39-29(45)25-36-15-5-4-6-19(41(46)47)24(15)40-25/h4-6,9-11,33-35H,7-8H2,1-3H3,(H3,30,31)(H,32,42)(H,36,40)(H,37,43)(H,38,44)(H,39,45). The van der Waals surface area contributed by atoms with Crippen LogP contribution in [-0.4, -0.2) is 65.9 Å². The summed E-state index contributed by atoms with van der Waals surface area (Å²) >= 11 is 0. The molecule has 47 heavy (non-hydrogen) atoms. The Morgan fingerprint density at radius 3 is 1.81 bits per heavy atom. The van der Waals surface area contributed by atoms with Gasteiger partial charge in [-0.05, 0) is 26.8 Å². The maximum Gasteiger partial charge on any atom is 0.297 e. The van der Waals surface area contributed by atoms with Gasteiger partial charge in [0.05, 0.1) is 33.3 Å². The van der Waals surface area contributed by atoms with Crippen molar-refractivity contribution in [1.29, 1.82) is 5.41 Å². The maximum atomic E-state index is 13.2. The number of anilines is 3. The van der Waals surface area contributed by atoms with Gasteiger partial charge >= 0.3 is 0 Å². The summed E-state index contributed by atoms with van der Waals surface area (Å²) in [6.07, 6.45) is 4.58. The van der Waals surface area contributed by atoms with Crippen molar-refractivity contribution < 1.29 is 24.1 Å². The van der Waals surface area contributed by atoms with Crippen molar-refractivity contribution in [1.82, 2.24) is 30.2 Å². The molecule has 0 aliphatic carbocycles. The lowest BCUT2D eigenvalue weighted by Crippen LogP contribution is -2.28. The smallest absolute Gasteiger partial charge is 0.297 e. The number of amidine groups is 1. The van der Waals surface area contributed by atoms with E-state index < -0.39 is 28.6 Å². The number of aromatic amines is 4. The quantitative estimate of drug-likeness (QED) is 0.0441. The topological polar surface area (TPSA) is 285 Å². The average molecular weight is 643 g/mol. The molecule has 0 unspecified atom stereocenters. The SMILES string of the molecule is Cc1c(NC(=O)c2nc3c([N+](=O)[O-])cccc3[nH]2)c[nH]c1C(=O)Nc1c[nH]c(C(=O)Nc2c[nH]c(C(=O)NCCC(=N)N)c2C)c1C. The highest BCUT2D eigenvalue weighted by molar-refractivity contribution is 6.10. The molecule has 4 heterocycles. The lowest BCUT2D eigenvalue weighted by Gasteiger charge is -2.07. The van der Waals surface area contributed by atoms with Gasteiger partial charge < -0.3 is 46.9 Å². The number of hydrogen-bond donors (Lipinski definition) is 10. The summed E-state index contributed by atoms with van der Waals surface area (Å²) in [6, 6.07) is 4.33. The van der Waals surface area contributed by atoms with Crippen molar-refractivity contribution >= 4 is 63.2 Å². The van der Waals surface area contributed by atoms with Gasteiger partial charge in [-0.15, -0.1) is 0 Å². The van der Waals surface area contributed by atoms with Crippen LogP contribution < -0.4 is 27.0 Å². The first-order valence-electron chi connectivity index (χ1n) is 14.1. The van der Waals surface area contributed by atoms with Crippen LogP contribution in [0.3, 0.4) is 0 Å². The van der Waals surface area contributed by atoms with Gasteiger partial charge in [0.2, 0.25) is 0 Å². The van der Waals surface area contributed by atoms with Crippen LogP contribution in [0.25, 0.3) is 11.0 Å². The van der Waals surface area contributed by atoms with E-state index in [4.69, 9.17) is 11.1 Å². The molecule has 0 aliphatic rings. The number of fused-ring (bicyclic) bond motifs is 1. The van der Waals surface area contributed by atoms with Crippen LogP contribution in [0.2, 0.25) is 0 Å². The van der Waals surface area contributed by atoms with E-state index >= 15 is 0 Å². The minimum atomic E-state index is -0.667. The Balaban J connectivity index is 1.23. The van der Waals surface area contributed by atoms with Gasteiger partial charge in [-0.25, -0.2) is 4.98 Å². The predicted molar refractivity (Wildman–Crippen MR) is 172 cm³/mol. The molecule has 0 saturated heterocycles. The van der Waals surface area contributed by atoms with Crippen molar-refractivity contribution in [3.8, 4) is 0 Å². The van der Waals surface area contributed by atoms with Crippen LogP contribution in [0.5, 0.6) is 0 Å². The second kappa shape index (κ2) is 12.7. The lowest BCUT2D eigenvalue weighted by molar-refractivity contribution is -0.383. The van der Waals surface area contributed by atoms with Gasteiger partial charge in [0, 0.05) is 54.3 Å². The first kappa shape index (κ1) is 31.7. The molecule has 18 heteroatoms. The third-order valence-electron chi connectivity index (χ3n) is 7.43. The number of carbonyl (C=O) groups excluding carboxylic acids is 4. The van der Waals surface area contributed by atoms with Gasteiger partial charge in [-0.2, -0.15) is 0 Å². The molecular formula is C29H30N12O6. The number of para-hydroxylation sites is 1. The summed E-state index contributed by atoms with van der Waals surface area (Å²) in [6.45, 7) is 5.12.